The zero-order valence-corrected chi connectivity index (χ0v) is 17.0. The van der Waals surface area contributed by atoms with Gasteiger partial charge in [-0.2, -0.15) is 0 Å². The standard InChI is InChI=1S/C18H22ClN3O4.ClH/c1-21(2)4-5-22(17(23)10-24-3)9-13-6-12-7-15-16(26-11-25-15)8-14(12)20-18(13)19;/h6-8H,4-5,9-11H2,1-3H3;1H/p-1. The third-order valence-corrected chi connectivity index (χ3v) is 4.46. The maximum atomic E-state index is 12.4. The highest BCUT2D eigenvalue weighted by Crippen LogP contribution is 2.36. The van der Waals surface area contributed by atoms with Crippen LogP contribution < -0.4 is 21.9 Å². The first-order valence-corrected chi connectivity index (χ1v) is 8.66. The molecule has 1 amide bonds. The van der Waals surface area contributed by atoms with E-state index in [0.29, 0.717) is 29.7 Å². The number of methoxy groups -OCH3 is 1. The van der Waals surface area contributed by atoms with Gasteiger partial charge in [-0.3, -0.25) is 4.79 Å². The van der Waals surface area contributed by atoms with Crippen molar-refractivity contribution >= 4 is 28.4 Å². The maximum absolute atomic E-state index is 12.4. The highest BCUT2D eigenvalue weighted by molar-refractivity contribution is 6.30. The van der Waals surface area contributed by atoms with Crippen molar-refractivity contribution < 1.29 is 31.4 Å². The summed E-state index contributed by atoms with van der Waals surface area (Å²) >= 11 is 6.38. The first kappa shape index (κ1) is 21.5. The second kappa shape index (κ2) is 9.41. The lowest BCUT2D eigenvalue weighted by Gasteiger charge is -2.24. The Hall–Kier alpha value is -1.80. The summed E-state index contributed by atoms with van der Waals surface area (Å²) in [5.41, 5.74) is 1.51. The van der Waals surface area contributed by atoms with Gasteiger partial charge in [-0.15, -0.1) is 0 Å². The molecule has 0 spiro atoms. The number of fused-ring (bicyclic) bond motifs is 2. The Morgan fingerprint density at radius 2 is 1.93 bits per heavy atom. The van der Waals surface area contributed by atoms with E-state index < -0.39 is 0 Å². The lowest BCUT2D eigenvalue weighted by Crippen LogP contribution is -3.00. The van der Waals surface area contributed by atoms with Crippen LogP contribution in [0.25, 0.3) is 10.9 Å². The minimum Gasteiger partial charge on any atom is -1.00 e. The topological polar surface area (TPSA) is 64.1 Å². The monoisotopic (exact) mass is 414 g/mol. The molecule has 0 saturated heterocycles. The molecule has 0 atom stereocenters. The van der Waals surface area contributed by atoms with Crippen molar-refractivity contribution in [1.29, 1.82) is 0 Å². The van der Waals surface area contributed by atoms with Crippen LogP contribution >= 0.6 is 11.6 Å². The third-order valence-electron chi connectivity index (χ3n) is 4.13. The summed E-state index contributed by atoms with van der Waals surface area (Å²) in [7, 11) is 5.44. The molecular formula is C18H22Cl2N3O4-. The smallest absolute Gasteiger partial charge is 0.248 e. The van der Waals surface area contributed by atoms with Crippen LogP contribution in [0.15, 0.2) is 18.2 Å². The molecule has 0 radical (unpaired) electrons. The van der Waals surface area contributed by atoms with Gasteiger partial charge in [-0.25, -0.2) is 4.98 Å². The Bertz CT molecular complexity index is 817. The van der Waals surface area contributed by atoms with Gasteiger partial charge in [0.1, 0.15) is 11.8 Å². The first-order valence-electron chi connectivity index (χ1n) is 8.28. The fraction of sp³-hybridized carbons (Fsp3) is 0.444. The SMILES string of the molecule is COCC(=O)N(CCN(C)C)Cc1cc2cc3c(cc2nc1Cl)OCO3.[Cl-]. The van der Waals surface area contributed by atoms with Gasteiger partial charge in [0.15, 0.2) is 11.5 Å². The number of aromatic nitrogens is 1. The molecule has 2 heterocycles. The minimum absolute atomic E-state index is 0. The molecule has 1 aromatic heterocycles. The lowest BCUT2D eigenvalue weighted by molar-refractivity contribution is -0.135. The fourth-order valence-corrected chi connectivity index (χ4v) is 2.93. The summed E-state index contributed by atoms with van der Waals surface area (Å²) in [5, 5.41) is 1.26. The molecule has 9 heteroatoms. The summed E-state index contributed by atoms with van der Waals surface area (Å²) in [5.74, 6) is 1.26. The van der Waals surface area contributed by atoms with Crippen LogP contribution in [0.5, 0.6) is 11.5 Å². The maximum Gasteiger partial charge on any atom is 0.248 e. The van der Waals surface area contributed by atoms with Crippen molar-refractivity contribution in [3.05, 3.63) is 28.9 Å². The number of amides is 1. The normalized spacial score (nSPS) is 12.3. The Kier molecular flexibility index (Phi) is 7.49. The van der Waals surface area contributed by atoms with Crippen molar-refractivity contribution in [1.82, 2.24) is 14.8 Å². The van der Waals surface area contributed by atoms with Gasteiger partial charge in [0.25, 0.3) is 0 Å². The van der Waals surface area contributed by atoms with Gasteiger partial charge < -0.3 is 36.4 Å². The molecule has 0 saturated carbocycles. The van der Waals surface area contributed by atoms with E-state index in [4.69, 9.17) is 25.8 Å². The number of ether oxygens (including phenoxy) is 3. The summed E-state index contributed by atoms with van der Waals surface area (Å²) < 4.78 is 15.8. The molecule has 0 N–H and O–H groups in total. The van der Waals surface area contributed by atoms with Gasteiger partial charge >= 0.3 is 0 Å². The quantitative estimate of drug-likeness (QED) is 0.550. The molecule has 1 aliphatic rings. The number of likely N-dealkylation sites (N-methyl/N-ethyl adjacent to an activating group) is 1. The van der Waals surface area contributed by atoms with Crippen LogP contribution in [-0.4, -0.2) is 68.4 Å². The van der Waals surface area contributed by atoms with E-state index in [1.165, 1.54) is 7.11 Å². The zero-order valence-electron chi connectivity index (χ0n) is 15.5. The average molecular weight is 415 g/mol. The summed E-state index contributed by atoms with van der Waals surface area (Å²) in [6.45, 7) is 1.92. The van der Waals surface area contributed by atoms with Gasteiger partial charge in [0.2, 0.25) is 12.7 Å². The van der Waals surface area contributed by atoms with E-state index >= 15 is 0 Å². The molecular weight excluding hydrogens is 393 g/mol. The Labute approximate surface area is 169 Å². The first-order chi connectivity index (χ1) is 12.5. The number of hydrogen-bond acceptors (Lipinski definition) is 6. The molecule has 1 aliphatic heterocycles. The summed E-state index contributed by atoms with van der Waals surface area (Å²) in [4.78, 5) is 20.6. The molecule has 7 nitrogen and oxygen atoms in total. The van der Waals surface area contributed by atoms with E-state index in [9.17, 15) is 4.79 Å². The van der Waals surface area contributed by atoms with Crippen molar-refractivity contribution in [2.45, 2.75) is 6.54 Å². The molecule has 0 fully saturated rings. The second-order valence-corrected chi connectivity index (χ2v) is 6.75. The van der Waals surface area contributed by atoms with Crippen LogP contribution in [-0.2, 0) is 16.1 Å². The molecule has 27 heavy (non-hydrogen) atoms. The number of pyridine rings is 1. The molecule has 0 unspecified atom stereocenters. The molecule has 0 aliphatic carbocycles. The Morgan fingerprint density at radius 3 is 2.59 bits per heavy atom. The van der Waals surface area contributed by atoms with E-state index in [1.807, 2.05) is 37.2 Å². The van der Waals surface area contributed by atoms with Crippen molar-refractivity contribution in [3.8, 4) is 11.5 Å². The molecule has 3 rings (SSSR count). The van der Waals surface area contributed by atoms with E-state index in [0.717, 1.165) is 23.0 Å². The highest BCUT2D eigenvalue weighted by atomic mass is 35.5. The second-order valence-electron chi connectivity index (χ2n) is 6.39. The summed E-state index contributed by atoms with van der Waals surface area (Å²) in [6, 6.07) is 5.63. The predicted molar refractivity (Wildman–Crippen MR) is 98.7 cm³/mol. The van der Waals surface area contributed by atoms with Crippen LogP contribution in [0.3, 0.4) is 0 Å². The minimum atomic E-state index is -0.0869. The van der Waals surface area contributed by atoms with E-state index in [-0.39, 0.29) is 31.7 Å². The number of benzene rings is 1. The highest BCUT2D eigenvalue weighted by Gasteiger charge is 2.19. The zero-order chi connectivity index (χ0) is 18.7. The van der Waals surface area contributed by atoms with Crippen LogP contribution in [0, 0.1) is 0 Å². The van der Waals surface area contributed by atoms with Crippen molar-refractivity contribution in [2.75, 3.05) is 47.7 Å². The number of hydrogen-bond donors (Lipinski definition) is 0. The molecule has 0 bridgehead atoms. The van der Waals surface area contributed by atoms with Crippen LogP contribution in [0.1, 0.15) is 5.56 Å². The number of carbonyl (C=O) groups is 1. The van der Waals surface area contributed by atoms with Gasteiger partial charge in [-0.1, -0.05) is 11.6 Å². The number of nitrogens with zero attached hydrogens (tertiary/aromatic N) is 3. The van der Waals surface area contributed by atoms with Crippen LogP contribution in [0.2, 0.25) is 5.15 Å². The third kappa shape index (κ3) is 5.13. The number of rotatable bonds is 7. The number of carbonyl (C=O) groups excluding carboxylic acids is 1. The number of halogens is 2. The average Bonchev–Trinajstić information content (AvgIpc) is 3.04. The van der Waals surface area contributed by atoms with Crippen molar-refractivity contribution in [2.24, 2.45) is 0 Å². The molecule has 2 aromatic rings. The van der Waals surface area contributed by atoms with Gasteiger partial charge in [0.05, 0.1) is 5.52 Å². The van der Waals surface area contributed by atoms with Crippen molar-refractivity contribution in [3.63, 3.8) is 0 Å². The van der Waals surface area contributed by atoms with E-state index in [1.54, 1.807) is 4.90 Å². The Morgan fingerprint density at radius 1 is 1.22 bits per heavy atom. The molecule has 1 aromatic carbocycles. The van der Waals surface area contributed by atoms with Gasteiger partial charge in [0, 0.05) is 43.8 Å². The Balaban J connectivity index is 0.00000261. The molecule has 148 valence electrons. The fourth-order valence-electron chi connectivity index (χ4n) is 2.73. The largest absolute Gasteiger partial charge is 1.00 e. The lowest BCUT2D eigenvalue weighted by atomic mass is 10.1. The van der Waals surface area contributed by atoms with E-state index in [2.05, 4.69) is 4.98 Å². The van der Waals surface area contributed by atoms with Gasteiger partial charge in [-0.05, 0) is 26.2 Å². The summed E-state index contributed by atoms with van der Waals surface area (Å²) in [6.07, 6.45) is 0. The predicted octanol–water partition coefficient (Wildman–Crippen LogP) is -0.842. The van der Waals surface area contributed by atoms with Crippen LogP contribution in [0.4, 0.5) is 0 Å².